The summed E-state index contributed by atoms with van der Waals surface area (Å²) >= 11 is 0. The minimum Gasteiger partial charge on any atom is -0.512 e. The number of nitrogens with zero attached hydrogens (tertiary/aromatic N) is 1. The van der Waals surface area contributed by atoms with E-state index in [1.54, 1.807) is 27.0 Å². The second-order valence-corrected chi connectivity index (χ2v) is 10.6. The molecule has 2 aliphatic rings. The Hall–Kier alpha value is -3.33. The molecule has 0 amide bonds. The Kier molecular flexibility index (Phi) is 7.40. The van der Waals surface area contributed by atoms with Gasteiger partial charge in [0.25, 0.3) is 0 Å². The SMILES string of the molecule is COc1cccc(CC2=C(O)CC(CCc3ccc(C(C)(C)C#N)c(F)c3)(C3CCCC3)OC2=O)c1. The number of methoxy groups -OCH3 is 1. The summed E-state index contributed by atoms with van der Waals surface area (Å²) in [5, 5.41) is 20.4. The molecule has 4 rings (SSSR count). The van der Waals surface area contributed by atoms with Gasteiger partial charge in [-0.2, -0.15) is 5.26 Å². The molecular formula is C30H34FNO4. The van der Waals surface area contributed by atoms with Crippen LogP contribution in [0.3, 0.4) is 0 Å². The van der Waals surface area contributed by atoms with Crippen molar-refractivity contribution in [3.8, 4) is 11.8 Å². The van der Waals surface area contributed by atoms with Gasteiger partial charge in [0, 0.05) is 18.4 Å². The number of halogens is 1. The summed E-state index contributed by atoms with van der Waals surface area (Å²) < 4.78 is 26.3. The van der Waals surface area contributed by atoms with Gasteiger partial charge in [-0.1, -0.05) is 37.1 Å². The topological polar surface area (TPSA) is 79.6 Å². The van der Waals surface area contributed by atoms with E-state index in [2.05, 4.69) is 6.07 Å². The first-order valence-electron chi connectivity index (χ1n) is 12.6. The van der Waals surface area contributed by atoms with Crippen molar-refractivity contribution in [2.75, 3.05) is 7.11 Å². The highest BCUT2D eigenvalue weighted by atomic mass is 19.1. The summed E-state index contributed by atoms with van der Waals surface area (Å²) in [5.41, 5.74) is 0.567. The summed E-state index contributed by atoms with van der Waals surface area (Å²) in [7, 11) is 1.59. The number of hydrogen-bond donors (Lipinski definition) is 1. The summed E-state index contributed by atoms with van der Waals surface area (Å²) in [4.78, 5) is 13.2. The molecule has 6 heteroatoms. The van der Waals surface area contributed by atoms with Crippen LogP contribution in [0, 0.1) is 23.1 Å². The maximum Gasteiger partial charge on any atom is 0.338 e. The molecule has 1 fully saturated rings. The van der Waals surface area contributed by atoms with Gasteiger partial charge < -0.3 is 14.6 Å². The molecule has 2 aromatic rings. The minimum atomic E-state index is -0.914. The van der Waals surface area contributed by atoms with Crippen LogP contribution in [0.2, 0.25) is 0 Å². The number of nitriles is 1. The molecule has 2 aromatic carbocycles. The predicted octanol–water partition coefficient (Wildman–Crippen LogP) is 6.50. The molecule has 1 unspecified atom stereocenters. The maximum absolute atomic E-state index is 14.8. The molecule has 1 heterocycles. The number of aliphatic hydroxyl groups excluding tert-OH is 1. The highest BCUT2D eigenvalue weighted by Crippen LogP contribution is 2.46. The van der Waals surface area contributed by atoms with Crippen molar-refractivity contribution in [2.45, 2.75) is 76.2 Å². The Morgan fingerprint density at radius 3 is 2.58 bits per heavy atom. The number of rotatable bonds is 8. The number of benzene rings is 2. The van der Waals surface area contributed by atoms with Crippen LogP contribution in [0.15, 0.2) is 53.8 Å². The number of aryl methyl sites for hydroxylation is 1. The van der Waals surface area contributed by atoms with Crippen molar-refractivity contribution in [3.05, 3.63) is 76.3 Å². The lowest BCUT2D eigenvalue weighted by Gasteiger charge is -2.42. The van der Waals surface area contributed by atoms with Crippen molar-refractivity contribution < 1.29 is 23.8 Å². The van der Waals surface area contributed by atoms with E-state index in [1.165, 1.54) is 6.07 Å². The number of carbonyl (C=O) groups is 1. The lowest BCUT2D eigenvalue weighted by Crippen LogP contribution is -2.46. The zero-order valence-corrected chi connectivity index (χ0v) is 21.3. The molecule has 0 bridgehead atoms. The van der Waals surface area contributed by atoms with E-state index >= 15 is 0 Å². The number of hydrogen-bond acceptors (Lipinski definition) is 5. The number of ether oxygens (including phenoxy) is 2. The molecule has 5 nitrogen and oxygen atoms in total. The summed E-state index contributed by atoms with van der Waals surface area (Å²) in [6.45, 7) is 3.39. The van der Waals surface area contributed by atoms with Crippen LogP contribution in [0.1, 0.15) is 69.1 Å². The predicted molar refractivity (Wildman–Crippen MR) is 135 cm³/mol. The van der Waals surface area contributed by atoms with Crippen LogP contribution < -0.4 is 4.74 Å². The summed E-state index contributed by atoms with van der Waals surface area (Å²) in [5.74, 6) is 0.0408. The van der Waals surface area contributed by atoms with Crippen LogP contribution in [0.25, 0.3) is 0 Å². The smallest absolute Gasteiger partial charge is 0.338 e. The fourth-order valence-electron chi connectivity index (χ4n) is 5.61. The third kappa shape index (κ3) is 5.26. The zero-order chi connectivity index (χ0) is 25.9. The molecule has 0 saturated heterocycles. The van der Waals surface area contributed by atoms with E-state index < -0.39 is 22.8 Å². The second-order valence-electron chi connectivity index (χ2n) is 10.6. The third-order valence-electron chi connectivity index (χ3n) is 7.79. The highest BCUT2D eigenvalue weighted by molar-refractivity contribution is 5.90. The van der Waals surface area contributed by atoms with Crippen LogP contribution in [0.4, 0.5) is 4.39 Å². The third-order valence-corrected chi connectivity index (χ3v) is 7.79. The summed E-state index contributed by atoms with van der Waals surface area (Å²) in [6, 6.07) is 14.6. The Labute approximate surface area is 212 Å². The Balaban J connectivity index is 1.57. The number of aliphatic hydroxyl groups is 1. The fraction of sp³-hybridized carbons (Fsp3) is 0.467. The molecule has 36 heavy (non-hydrogen) atoms. The monoisotopic (exact) mass is 491 g/mol. The molecule has 1 aliphatic carbocycles. The standard InChI is InChI=1S/C30H34FNO4/c1-29(2,19-32)25-12-11-20(17-26(25)31)13-14-30(22-8-4-5-9-22)18-27(33)24(28(34)36-30)16-21-7-6-10-23(15-21)35-3/h6-7,10-12,15,17,22,33H,4-5,8-9,13-14,16,18H2,1-3H3. The van der Waals surface area contributed by atoms with Gasteiger partial charge in [-0.05, 0) is 74.8 Å². The molecule has 1 aliphatic heterocycles. The zero-order valence-electron chi connectivity index (χ0n) is 21.3. The van der Waals surface area contributed by atoms with Crippen LogP contribution in [0.5, 0.6) is 5.75 Å². The molecule has 0 radical (unpaired) electrons. The quantitative estimate of drug-likeness (QED) is 0.427. The van der Waals surface area contributed by atoms with Crippen molar-refractivity contribution in [1.82, 2.24) is 0 Å². The maximum atomic E-state index is 14.8. The van der Waals surface area contributed by atoms with Crippen LogP contribution in [-0.4, -0.2) is 23.8 Å². The molecule has 1 N–H and O–H groups in total. The highest BCUT2D eigenvalue weighted by Gasteiger charge is 2.48. The van der Waals surface area contributed by atoms with Crippen LogP contribution in [-0.2, 0) is 27.8 Å². The van der Waals surface area contributed by atoms with Crippen molar-refractivity contribution in [3.63, 3.8) is 0 Å². The molecule has 0 aromatic heterocycles. The number of esters is 1. The van der Waals surface area contributed by atoms with E-state index in [-0.39, 0.29) is 30.1 Å². The number of cyclic esters (lactones) is 1. The van der Waals surface area contributed by atoms with Gasteiger partial charge in [0.05, 0.1) is 24.2 Å². The lowest BCUT2D eigenvalue weighted by atomic mass is 9.76. The summed E-state index contributed by atoms with van der Waals surface area (Å²) in [6.07, 6.45) is 5.56. The van der Waals surface area contributed by atoms with E-state index in [0.29, 0.717) is 24.2 Å². The normalized spacial score (nSPS) is 20.8. The average Bonchev–Trinajstić information content (AvgIpc) is 3.41. The Morgan fingerprint density at radius 2 is 1.94 bits per heavy atom. The van der Waals surface area contributed by atoms with Crippen molar-refractivity contribution in [1.29, 1.82) is 5.26 Å². The van der Waals surface area contributed by atoms with E-state index in [1.807, 2.05) is 30.3 Å². The van der Waals surface area contributed by atoms with Gasteiger partial charge >= 0.3 is 5.97 Å². The Bertz CT molecular complexity index is 1210. The molecular weight excluding hydrogens is 457 g/mol. The van der Waals surface area contributed by atoms with Gasteiger partial charge in [-0.25, -0.2) is 9.18 Å². The van der Waals surface area contributed by atoms with E-state index in [9.17, 15) is 19.6 Å². The first-order valence-corrected chi connectivity index (χ1v) is 12.6. The average molecular weight is 492 g/mol. The number of carbonyl (C=O) groups excluding carboxylic acids is 1. The fourth-order valence-corrected chi connectivity index (χ4v) is 5.61. The van der Waals surface area contributed by atoms with Gasteiger partial charge in [0.15, 0.2) is 0 Å². The second kappa shape index (κ2) is 10.3. The van der Waals surface area contributed by atoms with Gasteiger partial charge in [0.1, 0.15) is 22.9 Å². The van der Waals surface area contributed by atoms with E-state index in [4.69, 9.17) is 9.47 Å². The molecule has 190 valence electrons. The largest absolute Gasteiger partial charge is 0.512 e. The first-order chi connectivity index (χ1) is 17.2. The first kappa shape index (κ1) is 25.8. The molecule has 1 atom stereocenters. The molecule has 0 spiro atoms. The van der Waals surface area contributed by atoms with Crippen molar-refractivity contribution >= 4 is 5.97 Å². The molecule has 1 saturated carbocycles. The minimum absolute atomic E-state index is 0.0817. The van der Waals surface area contributed by atoms with Gasteiger partial charge in [0.2, 0.25) is 0 Å². The lowest BCUT2D eigenvalue weighted by molar-refractivity contribution is -0.167. The van der Waals surface area contributed by atoms with Crippen molar-refractivity contribution in [2.24, 2.45) is 5.92 Å². The Morgan fingerprint density at radius 1 is 1.19 bits per heavy atom. The van der Waals surface area contributed by atoms with Gasteiger partial charge in [-0.3, -0.25) is 0 Å². The van der Waals surface area contributed by atoms with Gasteiger partial charge in [-0.15, -0.1) is 0 Å². The van der Waals surface area contributed by atoms with E-state index in [0.717, 1.165) is 36.8 Å². The van der Waals surface area contributed by atoms with Crippen LogP contribution >= 0.6 is 0 Å².